The molecule has 1 heterocycles. The molecule has 0 unspecified atom stereocenters. The lowest BCUT2D eigenvalue weighted by molar-refractivity contribution is 0.0743. The van der Waals surface area contributed by atoms with E-state index in [4.69, 9.17) is 9.47 Å². The third-order valence-electron chi connectivity index (χ3n) is 9.01. The fourth-order valence-corrected chi connectivity index (χ4v) is 12.3. The Balaban J connectivity index is 1.50. The van der Waals surface area contributed by atoms with Crippen LogP contribution in [0.4, 0.5) is 0 Å². The van der Waals surface area contributed by atoms with Gasteiger partial charge in [0.05, 0.1) is 12.7 Å². The molecule has 2 nitrogen and oxygen atoms in total. The molecule has 2 atom stereocenters. The zero-order valence-corrected chi connectivity index (χ0v) is 28.2. The maximum Gasteiger partial charge on any atom is 0.123 e. The number of rotatable bonds is 6. The monoisotopic (exact) mass is 640 g/mol. The number of hydrogen-bond acceptors (Lipinski definition) is 2. The van der Waals surface area contributed by atoms with E-state index in [0.717, 1.165) is 44.7 Å². The summed E-state index contributed by atoms with van der Waals surface area (Å²) in [6, 6.07) is 44.6. The first-order valence-electron chi connectivity index (χ1n) is 16.7. The molecule has 1 aliphatic heterocycles. The van der Waals surface area contributed by atoms with Gasteiger partial charge in [0.1, 0.15) is 5.76 Å². The van der Waals surface area contributed by atoms with Crippen LogP contribution in [0.3, 0.4) is 0 Å². The summed E-state index contributed by atoms with van der Waals surface area (Å²) in [6.07, 6.45) is 15.8. The van der Waals surface area contributed by atoms with E-state index in [9.17, 15) is 0 Å². The van der Waals surface area contributed by atoms with Crippen LogP contribution in [0.1, 0.15) is 38.5 Å². The van der Waals surface area contributed by atoms with E-state index in [2.05, 4.69) is 146 Å². The Morgan fingerprint density at radius 2 is 1.02 bits per heavy atom. The van der Waals surface area contributed by atoms with Gasteiger partial charge in [-0.2, -0.15) is 0 Å². The fraction of sp³-hybridized carbons (Fsp3) is 0.238. The molecule has 3 aliphatic rings. The summed E-state index contributed by atoms with van der Waals surface area (Å²) in [5.41, 5.74) is 2.99. The van der Waals surface area contributed by atoms with Crippen LogP contribution in [-0.4, -0.2) is 25.0 Å². The topological polar surface area (TPSA) is 18.5 Å². The Labute approximate surface area is 277 Å². The van der Waals surface area contributed by atoms with Gasteiger partial charge >= 0.3 is 0 Å². The molecule has 2 aliphatic carbocycles. The van der Waals surface area contributed by atoms with Crippen LogP contribution < -0.4 is 21.2 Å². The second-order valence-electron chi connectivity index (χ2n) is 12.0. The van der Waals surface area contributed by atoms with Gasteiger partial charge in [-0.15, -0.1) is 0 Å². The lowest BCUT2D eigenvalue weighted by Crippen LogP contribution is -2.32. The molecular weight excluding hydrogens is 598 g/mol. The lowest BCUT2D eigenvalue weighted by atomic mass is 9.88. The molecule has 0 radical (unpaired) electrons. The molecule has 0 N–H and O–H groups in total. The second-order valence-corrected chi connectivity index (χ2v) is 16.6. The highest BCUT2D eigenvalue weighted by Gasteiger charge is 2.39. The zero-order chi connectivity index (χ0) is 31.0. The molecule has 0 bridgehead atoms. The minimum absolute atomic E-state index is 0.0113. The fourth-order valence-electron chi connectivity index (χ4n) is 6.91. The molecule has 0 saturated heterocycles. The van der Waals surface area contributed by atoms with Crippen LogP contribution >= 0.6 is 15.8 Å². The van der Waals surface area contributed by atoms with Gasteiger partial charge in [0.15, 0.2) is 0 Å². The van der Waals surface area contributed by atoms with Crippen LogP contribution in [0, 0.1) is 0 Å². The first kappa shape index (κ1) is 31.1. The summed E-state index contributed by atoms with van der Waals surface area (Å²) >= 11 is 0. The number of fused-ring (bicyclic) bond motifs is 2. The summed E-state index contributed by atoms with van der Waals surface area (Å²) in [5.74, 6) is 1.05. The lowest BCUT2D eigenvalue weighted by Gasteiger charge is -2.39. The predicted octanol–water partition coefficient (Wildman–Crippen LogP) is 9.02. The molecule has 0 aromatic heterocycles. The first-order valence-corrected chi connectivity index (χ1v) is 19.5. The summed E-state index contributed by atoms with van der Waals surface area (Å²) in [4.78, 5) is 0. The highest BCUT2D eigenvalue weighted by molar-refractivity contribution is 7.77. The minimum atomic E-state index is -0.833. The summed E-state index contributed by atoms with van der Waals surface area (Å²) in [5, 5.41) is 6.93. The standard InChI is InChI=1S/C42H42O2P2/c1-2-16-32-44-38-28-18-30-40(46(35-23-11-5-12-24-35)36-25-13-6-14-26-36)42(38)41-37(43-31-15-1)27-17-29-39(41)45(33-19-7-3-8-20-33)34-21-9-4-10-22-34/h3-14,17-27,30,38-39H,1-2,15-16,28-29,31-32H2/t38-,39-/m0/s1. The summed E-state index contributed by atoms with van der Waals surface area (Å²) in [7, 11) is -1.57. The quantitative estimate of drug-likeness (QED) is 0.196. The smallest absolute Gasteiger partial charge is 0.123 e. The Morgan fingerprint density at radius 3 is 1.61 bits per heavy atom. The highest BCUT2D eigenvalue weighted by atomic mass is 31.1. The van der Waals surface area contributed by atoms with Crippen molar-refractivity contribution in [2.75, 3.05) is 13.2 Å². The van der Waals surface area contributed by atoms with Crippen molar-refractivity contribution in [1.29, 1.82) is 0 Å². The van der Waals surface area contributed by atoms with Crippen molar-refractivity contribution >= 4 is 37.1 Å². The molecular formula is C42H42O2P2. The molecule has 0 amide bonds. The third-order valence-corrected chi connectivity index (χ3v) is 14.3. The van der Waals surface area contributed by atoms with Gasteiger partial charge in [0, 0.05) is 17.8 Å². The SMILES string of the molecule is C1=CC(P(c2ccccc2)c2ccccc2)=C2C3=C(C=CC[C@@H]3P(c3ccccc3)c3ccccc3)OCCCCCCO[C@H]2C1. The van der Waals surface area contributed by atoms with Gasteiger partial charge < -0.3 is 9.47 Å². The minimum Gasteiger partial charge on any atom is -0.493 e. The molecule has 7 rings (SSSR count). The van der Waals surface area contributed by atoms with Crippen molar-refractivity contribution in [3.8, 4) is 0 Å². The van der Waals surface area contributed by atoms with E-state index in [1.807, 2.05) is 0 Å². The summed E-state index contributed by atoms with van der Waals surface area (Å²) in [6.45, 7) is 1.54. The van der Waals surface area contributed by atoms with Gasteiger partial charge in [-0.1, -0.05) is 146 Å². The van der Waals surface area contributed by atoms with Gasteiger partial charge in [0.2, 0.25) is 0 Å². The number of ether oxygens (including phenoxy) is 2. The average Bonchev–Trinajstić information content (AvgIpc) is 3.11. The summed E-state index contributed by atoms with van der Waals surface area (Å²) < 4.78 is 13.8. The van der Waals surface area contributed by atoms with Crippen LogP contribution in [0.25, 0.3) is 0 Å². The molecule has 0 fully saturated rings. The van der Waals surface area contributed by atoms with E-state index < -0.39 is 15.8 Å². The van der Waals surface area contributed by atoms with Crippen LogP contribution in [0.5, 0.6) is 0 Å². The first-order chi connectivity index (χ1) is 22.9. The molecule has 0 saturated carbocycles. The zero-order valence-electron chi connectivity index (χ0n) is 26.4. The molecule has 46 heavy (non-hydrogen) atoms. The van der Waals surface area contributed by atoms with Crippen molar-refractivity contribution in [2.24, 2.45) is 0 Å². The normalized spacial score (nSPS) is 20.5. The van der Waals surface area contributed by atoms with E-state index in [-0.39, 0.29) is 11.8 Å². The molecule has 4 heteroatoms. The Morgan fingerprint density at radius 1 is 0.500 bits per heavy atom. The maximum atomic E-state index is 6.95. The van der Waals surface area contributed by atoms with Gasteiger partial charge in [0.25, 0.3) is 0 Å². The Bertz CT molecular complexity index is 1620. The Hall–Kier alpha value is -3.54. The van der Waals surface area contributed by atoms with Crippen LogP contribution in [-0.2, 0) is 9.47 Å². The van der Waals surface area contributed by atoms with Crippen LogP contribution in [0.15, 0.2) is 168 Å². The van der Waals surface area contributed by atoms with E-state index in [1.54, 1.807) is 0 Å². The van der Waals surface area contributed by atoms with Gasteiger partial charge in [-0.05, 0) is 86.1 Å². The molecule has 0 spiro atoms. The Kier molecular flexibility index (Phi) is 10.4. The van der Waals surface area contributed by atoms with E-state index >= 15 is 0 Å². The van der Waals surface area contributed by atoms with Gasteiger partial charge in [-0.3, -0.25) is 0 Å². The third kappa shape index (κ3) is 6.91. The predicted molar refractivity (Wildman–Crippen MR) is 198 cm³/mol. The molecule has 232 valence electrons. The molecule has 4 aromatic carbocycles. The van der Waals surface area contributed by atoms with Crippen molar-refractivity contribution in [2.45, 2.75) is 50.3 Å². The number of hydrogen-bond donors (Lipinski definition) is 0. The maximum absolute atomic E-state index is 6.95. The van der Waals surface area contributed by atoms with Gasteiger partial charge in [-0.25, -0.2) is 0 Å². The highest BCUT2D eigenvalue weighted by Crippen LogP contribution is 2.55. The largest absolute Gasteiger partial charge is 0.493 e. The molecule has 4 aromatic rings. The van der Waals surface area contributed by atoms with E-state index in [0.29, 0.717) is 0 Å². The van der Waals surface area contributed by atoms with Crippen molar-refractivity contribution in [3.63, 3.8) is 0 Å². The number of allylic oxidation sites excluding steroid dienone is 4. The number of benzene rings is 4. The van der Waals surface area contributed by atoms with Crippen molar-refractivity contribution in [3.05, 3.63) is 168 Å². The van der Waals surface area contributed by atoms with Crippen molar-refractivity contribution < 1.29 is 9.47 Å². The van der Waals surface area contributed by atoms with Crippen molar-refractivity contribution in [1.82, 2.24) is 0 Å². The van der Waals surface area contributed by atoms with E-state index in [1.165, 1.54) is 50.5 Å². The second kappa shape index (κ2) is 15.4. The van der Waals surface area contributed by atoms with Crippen LogP contribution in [0.2, 0.25) is 0 Å². The average molecular weight is 641 g/mol.